The summed E-state index contributed by atoms with van der Waals surface area (Å²) in [6, 6.07) is 0.507. The first-order chi connectivity index (χ1) is 8.95. The molecule has 0 aliphatic heterocycles. The lowest BCUT2D eigenvalue weighted by Crippen LogP contribution is -2.47. The molecule has 1 fully saturated rings. The molecule has 0 aromatic heterocycles. The molecule has 0 amide bonds. The van der Waals surface area contributed by atoms with Crippen molar-refractivity contribution in [2.75, 3.05) is 26.9 Å². The topological polar surface area (TPSA) is 50.7 Å². The van der Waals surface area contributed by atoms with Crippen molar-refractivity contribution < 1.29 is 14.6 Å². The van der Waals surface area contributed by atoms with Gasteiger partial charge in [0.15, 0.2) is 0 Å². The number of hydrogen-bond donors (Lipinski definition) is 2. The highest BCUT2D eigenvalue weighted by atomic mass is 16.5. The van der Waals surface area contributed by atoms with Crippen LogP contribution in [0.3, 0.4) is 0 Å². The van der Waals surface area contributed by atoms with Crippen LogP contribution in [0.25, 0.3) is 0 Å². The molecule has 3 unspecified atom stereocenters. The summed E-state index contributed by atoms with van der Waals surface area (Å²) in [5.41, 5.74) is 0.335. The summed E-state index contributed by atoms with van der Waals surface area (Å²) < 4.78 is 10.5. The maximum Gasteiger partial charge on any atom is 0.0897 e. The van der Waals surface area contributed by atoms with Crippen molar-refractivity contribution >= 4 is 0 Å². The largest absolute Gasteiger partial charge is 0.389 e. The molecule has 0 saturated heterocycles. The van der Waals surface area contributed by atoms with Crippen LogP contribution in [0.2, 0.25) is 0 Å². The zero-order chi connectivity index (χ0) is 14.3. The van der Waals surface area contributed by atoms with Crippen molar-refractivity contribution in [2.24, 2.45) is 5.41 Å². The van der Waals surface area contributed by atoms with Crippen LogP contribution in [0, 0.1) is 5.41 Å². The Bertz CT molecular complexity index is 246. The summed E-state index contributed by atoms with van der Waals surface area (Å²) >= 11 is 0. The second-order valence-corrected chi connectivity index (χ2v) is 6.45. The van der Waals surface area contributed by atoms with Crippen LogP contribution in [-0.2, 0) is 9.47 Å². The predicted molar refractivity (Wildman–Crippen MR) is 77.3 cm³/mol. The van der Waals surface area contributed by atoms with E-state index >= 15 is 0 Å². The van der Waals surface area contributed by atoms with Gasteiger partial charge in [0.2, 0.25) is 0 Å². The Kier molecular flexibility index (Phi) is 7.29. The van der Waals surface area contributed by atoms with E-state index < -0.39 is 6.10 Å². The number of ether oxygens (including phenoxy) is 2. The third kappa shape index (κ3) is 6.21. The molecule has 1 aliphatic carbocycles. The van der Waals surface area contributed by atoms with Crippen LogP contribution in [-0.4, -0.2) is 50.2 Å². The van der Waals surface area contributed by atoms with Gasteiger partial charge >= 0.3 is 0 Å². The number of aliphatic hydroxyl groups excluding tert-OH is 1. The number of aliphatic hydroxyl groups is 1. The molecule has 1 saturated carbocycles. The number of rotatable bonds is 8. The maximum atomic E-state index is 9.94. The Morgan fingerprint density at radius 2 is 2.05 bits per heavy atom. The van der Waals surface area contributed by atoms with E-state index in [1.165, 1.54) is 25.7 Å². The average Bonchev–Trinajstić information content (AvgIpc) is 2.35. The third-order valence-electron chi connectivity index (χ3n) is 4.08. The molecular weight excluding hydrogens is 242 g/mol. The van der Waals surface area contributed by atoms with Crippen molar-refractivity contribution in [1.82, 2.24) is 5.32 Å². The lowest BCUT2D eigenvalue weighted by Gasteiger charge is -2.39. The first-order valence-corrected chi connectivity index (χ1v) is 7.47. The van der Waals surface area contributed by atoms with Crippen LogP contribution in [0.1, 0.15) is 46.5 Å². The molecule has 114 valence electrons. The smallest absolute Gasteiger partial charge is 0.0897 e. The Balaban J connectivity index is 2.20. The van der Waals surface area contributed by atoms with Crippen LogP contribution >= 0.6 is 0 Å². The van der Waals surface area contributed by atoms with Crippen LogP contribution in [0.4, 0.5) is 0 Å². The van der Waals surface area contributed by atoms with Gasteiger partial charge in [-0.15, -0.1) is 0 Å². The van der Waals surface area contributed by atoms with Gasteiger partial charge in [-0.1, -0.05) is 26.7 Å². The molecule has 0 aromatic carbocycles. The highest BCUT2D eigenvalue weighted by Gasteiger charge is 2.31. The summed E-state index contributed by atoms with van der Waals surface area (Å²) in [6.07, 6.45) is 4.68. The van der Waals surface area contributed by atoms with Gasteiger partial charge in [0, 0.05) is 19.7 Å². The molecule has 4 nitrogen and oxygen atoms in total. The SMILES string of the molecule is COCC(C)OCC(O)CNC1CCCCC1(C)C. The molecule has 0 radical (unpaired) electrons. The van der Waals surface area contributed by atoms with Gasteiger partial charge < -0.3 is 19.9 Å². The zero-order valence-electron chi connectivity index (χ0n) is 12.9. The molecule has 4 heteroatoms. The fourth-order valence-electron chi connectivity index (χ4n) is 2.77. The fraction of sp³-hybridized carbons (Fsp3) is 1.00. The first kappa shape index (κ1) is 16.9. The highest BCUT2D eigenvalue weighted by Crippen LogP contribution is 2.35. The van der Waals surface area contributed by atoms with Gasteiger partial charge in [-0.3, -0.25) is 0 Å². The van der Waals surface area contributed by atoms with Gasteiger partial charge in [0.25, 0.3) is 0 Å². The van der Waals surface area contributed by atoms with E-state index in [1.807, 2.05) is 6.92 Å². The van der Waals surface area contributed by atoms with Crippen molar-refractivity contribution in [3.8, 4) is 0 Å². The van der Waals surface area contributed by atoms with Crippen LogP contribution in [0.5, 0.6) is 0 Å². The fourth-order valence-corrected chi connectivity index (χ4v) is 2.77. The van der Waals surface area contributed by atoms with E-state index in [0.29, 0.717) is 31.2 Å². The van der Waals surface area contributed by atoms with E-state index in [4.69, 9.17) is 9.47 Å². The van der Waals surface area contributed by atoms with Crippen molar-refractivity contribution in [2.45, 2.75) is 64.7 Å². The Morgan fingerprint density at radius 1 is 1.32 bits per heavy atom. The van der Waals surface area contributed by atoms with E-state index in [0.717, 1.165) is 0 Å². The van der Waals surface area contributed by atoms with E-state index in [1.54, 1.807) is 7.11 Å². The molecule has 0 spiro atoms. The Hall–Kier alpha value is -0.160. The van der Waals surface area contributed by atoms with Crippen LogP contribution < -0.4 is 5.32 Å². The molecule has 1 aliphatic rings. The lowest BCUT2D eigenvalue weighted by atomic mass is 9.73. The predicted octanol–water partition coefficient (Wildman–Crippen LogP) is 1.96. The molecule has 0 heterocycles. The summed E-state index contributed by atoms with van der Waals surface area (Å²) in [7, 11) is 1.66. The summed E-state index contributed by atoms with van der Waals surface area (Å²) in [4.78, 5) is 0. The Morgan fingerprint density at radius 3 is 2.68 bits per heavy atom. The summed E-state index contributed by atoms with van der Waals surface area (Å²) in [6.45, 7) is 8.11. The first-order valence-electron chi connectivity index (χ1n) is 7.47. The standard InChI is InChI=1S/C15H31NO3/c1-12(10-18-4)19-11-13(17)9-16-14-7-5-6-8-15(14,2)3/h12-14,16-17H,5-11H2,1-4H3. The van der Waals surface area contributed by atoms with Crippen LogP contribution in [0.15, 0.2) is 0 Å². The number of hydrogen-bond acceptors (Lipinski definition) is 4. The second-order valence-electron chi connectivity index (χ2n) is 6.45. The molecule has 0 bridgehead atoms. The quantitative estimate of drug-likeness (QED) is 0.710. The van der Waals surface area contributed by atoms with Crippen molar-refractivity contribution in [1.29, 1.82) is 0 Å². The minimum absolute atomic E-state index is 0.0331. The van der Waals surface area contributed by atoms with E-state index in [2.05, 4.69) is 19.2 Å². The molecule has 0 aromatic rings. The molecule has 19 heavy (non-hydrogen) atoms. The second kappa shape index (κ2) is 8.20. The number of methoxy groups -OCH3 is 1. The number of nitrogens with one attached hydrogen (secondary N) is 1. The third-order valence-corrected chi connectivity index (χ3v) is 4.08. The molecule has 1 rings (SSSR count). The van der Waals surface area contributed by atoms with Gasteiger partial charge in [-0.25, -0.2) is 0 Å². The van der Waals surface area contributed by atoms with Gasteiger partial charge in [0.05, 0.1) is 25.4 Å². The normalized spacial score (nSPS) is 26.1. The average molecular weight is 273 g/mol. The van der Waals surface area contributed by atoms with Crippen molar-refractivity contribution in [3.05, 3.63) is 0 Å². The molecule has 2 N–H and O–H groups in total. The monoisotopic (exact) mass is 273 g/mol. The van der Waals surface area contributed by atoms with E-state index in [9.17, 15) is 5.11 Å². The minimum atomic E-state index is -0.447. The minimum Gasteiger partial charge on any atom is -0.389 e. The zero-order valence-corrected chi connectivity index (χ0v) is 12.9. The molecular formula is C15H31NO3. The lowest BCUT2D eigenvalue weighted by molar-refractivity contribution is -0.0329. The summed E-state index contributed by atoms with van der Waals surface area (Å²) in [5, 5.41) is 13.4. The van der Waals surface area contributed by atoms with Gasteiger partial charge in [0.1, 0.15) is 0 Å². The molecule has 3 atom stereocenters. The van der Waals surface area contributed by atoms with Crippen molar-refractivity contribution in [3.63, 3.8) is 0 Å². The van der Waals surface area contributed by atoms with E-state index in [-0.39, 0.29) is 6.10 Å². The maximum absolute atomic E-state index is 9.94. The highest BCUT2D eigenvalue weighted by molar-refractivity contribution is 4.88. The summed E-state index contributed by atoms with van der Waals surface area (Å²) in [5.74, 6) is 0. The Labute approximate surface area is 117 Å². The van der Waals surface area contributed by atoms with Gasteiger partial charge in [-0.2, -0.15) is 0 Å². The van der Waals surface area contributed by atoms with Gasteiger partial charge in [-0.05, 0) is 25.2 Å².